The topological polar surface area (TPSA) is 26.3 Å². The molecule has 0 aromatic heterocycles. The van der Waals surface area contributed by atoms with E-state index in [0.717, 1.165) is 13.2 Å². The zero-order valence-electron chi connectivity index (χ0n) is 6.21. The minimum atomic E-state index is 0.639. The van der Waals surface area contributed by atoms with Gasteiger partial charge < -0.3 is 4.74 Å². The van der Waals surface area contributed by atoms with Gasteiger partial charge in [-0.2, -0.15) is 0 Å². The first-order valence-electron chi connectivity index (χ1n) is 3.55. The number of aldehydes is 1. The highest BCUT2D eigenvalue weighted by Gasteiger charge is 1.94. The summed E-state index contributed by atoms with van der Waals surface area (Å²) in [5, 5.41) is 0. The van der Waals surface area contributed by atoms with Crippen LogP contribution in [0, 0.1) is 0 Å². The van der Waals surface area contributed by atoms with Gasteiger partial charge in [0, 0.05) is 13.2 Å². The normalized spacial score (nSPS) is 16.4. The van der Waals surface area contributed by atoms with Crippen molar-refractivity contribution in [2.24, 2.45) is 0 Å². The lowest BCUT2D eigenvalue weighted by molar-refractivity contribution is -0.104. The van der Waals surface area contributed by atoms with Crippen molar-refractivity contribution in [1.82, 2.24) is 0 Å². The third kappa shape index (κ3) is 7.37. The number of hydrogen-bond acceptors (Lipinski definition) is 2. The number of carbonyl (C=O) groups is 1. The van der Waals surface area contributed by atoms with Gasteiger partial charge >= 0.3 is 0 Å². The Morgan fingerprint density at radius 1 is 1.20 bits per heavy atom. The zero-order valence-corrected chi connectivity index (χ0v) is 6.21. The molecule has 10 heavy (non-hydrogen) atoms. The molecule has 2 heteroatoms. The highest BCUT2D eigenvalue weighted by atomic mass is 16.5. The Bertz CT molecular complexity index is 67.7. The summed E-state index contributed by atoms with van der Waals surface area (Å²) in [5.41, 5.74) is 0. The highest BCUT2D eigenvalue weighted by molar-refractivity contribution is 5.63. The van der Waals surface area contributed by atoms with Crippen LogP contribution in [-0.2, 0) is 9.53 Å². The van der Waals surface area contributed by atoms with Gasteiger partial charge in [0.05, 0.1) is 0 Å². The Morgan fingerprint density at radius 3 is 1.80 bits per heavy atom. The van der Waals surface area contributed by atoms with Gasteiger partial charge in [-0.1, -0.05) is 6.58 Å². The molecule has 0 aromatic carbocycles. The molecular formula is C8H14O2. The quantitative estimate of drug-likeness (QED) is 0.410. The number of allylic oxidation sites excluding steroid dienone is 1. The van der Waals surface area contributed by atoms with E-state index in [2.05, 4.69) is 6.58 Å². The van der Waals surface area contributed by atoms with Crippen LogP contribution in [0.4, 0.5) is 0 Å². The monoisotopic (exact) mass is 142 g/mol. The summed E-state index contributed by atoms with van der Waals surface area (Å²) in [7, 11) is 0. The molecule has 0 spiro atoms. The summed E-state index contributed by atoms with van der Waals surface area (Å²) in [5.74, 6) is 0. The van der Waals surface area contributed by atoms with Gasteiger partial charge in [0.1, 0.15) is 6.29 Å². The van der Waals surface area contributed by atoms with Crippen molar-refractivity contribution in [2.75, 3.05) is 13.2 Å². The summed E-state index contributed by atoms with van der Waals surface area (Å²) in [6.45, 7) is 5.11. The van der Waals surface area contributed by atoms with E-state index in [4.69, 9.17) is 9.53 Å². The molecule has 0 aromatic rings. The van der Waals surface area contributed by atoms with Crippen molar-refractivity contribution in [3.8, 4) is 0 Å². The SMILES string of the molecule is C1CCOCC1.C=CC=O. The van der Waals surface area contributed by atoms with E-state index in [0.29, 0.717) is 6.29 Å². The van der Waals surface area contributed by atoms with E-state index in [-0.39, 0.29) is 0 Å². The van der Waals surface area contributed by atoms with E-state index >= 15 is 0 Å². The molecule has 0 saturated carbocycles. The highest BCUT2D eigenvalue weighted by Crippen LogP contribution is 2.02. The first kappa shape index (κ1) is 9.37. The summed E-state index contributed by atoms with van der Waals surface area (Å²) >= 11 is 0. The third-order valence-corrected chi connectivity index (χ3v) is 1.17. The fourth-order valence-electron chi connectivity index (χ4n) is 0.687. The molecule has 1 heterocycles. The fourth-order valence-corrected chi connectivity index (χ4v) is 0.687. The van der Waals surface area contributed by atoms with Crippen LogP contribution in [0.1, 0.15) is 19.3 Å². The van der Waals surface area contributed by atoms with Gasteiger partial charge in [-0.15, -0.1) is 0 Å². The average Bonchev–Trinajstić information content (AvgIpc) is 2.08. The van der Waals surface area contributed by atoms with Crippen LogP contribution in [0.5, 0.6) is 0 Å². The van der Waals surface area contributed by atoms with E-state index in [9.17, 15) is 0 Å². The van der Waals surface area contributed by atoms with Crippen molar-refractivity contribution in [3.63, 3.8) is 0 Å². The molecule has 0 bridgehead atoms. The molecule has 1 aliphatic heterocycles. The molecule has 0 amide bonds. The third-order valence-electron chi connectivity index (χ3n) is 1.17. The molecular weight excluding hydrogens is 128 g/mol. The molecule has 0 N–H and O–H groups in total. The summed E-state index contributed by atoms with van der Waals surface area (Å²) in [4.78, 5) is 9.06. The van der Waals surface area contributed by atoms with Crippen LogP contribution < -0.4 is 0 Å². The van der Waals surface area contributed by atoms with Crippen molar-refractivity contribution >= 4 is 6.29 Å². The maximum atomic E-state index is 9.06. The van der Waals surface area contributed by atoms with Crippen molar-refractivity contribution in [2.45, 2.75) is 19.3 Å². The van der Waals surface area contributed by atoms with Crippen LogP contribution in [0.15, 0.2) is 12.7 Å². The molecule has 0 atom stereocenters. The van der Waals surface area contributed by atoms with Gasteiger partial charge in [-0.3, -0.25) is 4.79 Å². The number of hydrogen-bond donors (Lipinski definition) is 0. The number of ether oxygens (including phenoxy) is 1. The Morgan fingerprint density at radius 2 is 1.70 bits per heavy atom. The van der Waals surface area contributed by atoms with E-state index in [1.165, 1.54) is 25.3 Å². The van der Waals surface area contributed by atoms with Crippen LogP contribution in [0.3, 0.4) is 0 Å². The Hall–Kier alpha value is -0.630. The maximum absolute atomic E-state index is 9.06. The number of carbonyl (C=O) groups excluding carboxylic acids is 1. The average molecular weight is 142 g/mol. The van der Waals surface area contributed by atoms with Crippen molar-refractivity contribution < 1.29 is 9.53 Å². The van der Waals surface area contributed by atoms with Crippen molar-refractivity contribution in [3.05, 3.63) is 12.7 Å². The molecule has 1 saturated heterocycles. The van der Waals surface area contributed by atoms with Crippen LogP contribution >= 0.6 is 0 Å². The molecule has 2 nitrogen and oxygen atoms in total. The summed E-state index contributed by atoms with van der Waals surface area (Å²) in [6, 6.07) is 0. The van der Waals surface area contributed by atoms with Crippen LogP contribution in [0.25, 0.3) is 0 Å². The Kier molecular flexibility index (Phi) is 7.84. The van der Waals surface area contributed by atoms with Gasteiger partial charge in [0.15, 0.2) is 0 Å². The van der Waals surface area contributed by atoms with Crippen LogP contribution in [-0.4, -0.2) is 19.5 Å². The van der Waals surface area contributed by atoms with Gasteiger partial charge in [-0.25, -0.2) is 0 Å². The second-order valence-corrected chi connectivity index (χ2v) is 2.04. The minimum Gasteiger partial charge on any atom is -0.381 e. The van der Waals surface area contributed by atoms with Gasteiger partial charge in [0.2, 0.25) is 0 Å². The summed E-state index contributed by atoms with van der Waals surface area (Å²) < 4.78 is 5.07. The second kappa shape index (κ2) is 8.37. The lowest BCUT2D eigenvalue weighted by Crippen LogP contribution is -2.03. The standard InChI is InChI=1S/C5H10O.C3H4O/c1-2-4-6-5-3-1;1-2-3-4/h1-5H2;2-3H,1H2. The fraction of sp³-hybridized carbons (Fsp3) is 0.625. The summed E-state index contributed by atoms with van der Waals surface area (Å²) in [6.07, 6.45) is 5.76. The minimum absolute atomic E-state index is 0.639. The predicted octanol–water partition coefficient (Wildman–Crippen LogP) is 1.56. The molecule has 0 unspecified atom stereocenters. The Labute approximate surface area is 61.9 Å². The molecule has 58 valence electrons. The van der Waals surface area contributed by atoms with Gasteiger partial charge in [0.25, 0.3) is 0 Å². The molecule has 0 radical (unpaired) electrons. The van der Waals surface area contributed by atoms with Crippen LogP contribution in [0.2, 0.25) is 0 Å². The largest absolute Gasteiger partial charge is 0.381 e. The molecule has 1 fully saturated rings. The second-order valence-electron chi connectivity index (χ2n) is 2.04. The maximum Gasteiger partial charge on any atom is 0.142 e. The molecule has 0 aliphatic carbocycles. The van der Waals surface area contributed by atoms with E-state index in [1.54, 1.807) is 0 Å². The van der Waals surface area contributed by atoms with Crippen molar-refractivity contribution in [1.29, 1.82) is 0 Å². The zero-order chi connectivity index (χ0) is 7.66. The number of rotatable bonds is 1. The van der Waals surface area contributed by atoms with E-state index in [1.807, 2.05) is 0 Å². The lowest BCUT2D eigenvalue weighted by atomic mass is 10.2. The smallest absolute Gasteiger partial charge is 0.142 e. The predicted molar refractivity (Wildman–Crippen MR) is 40.9 cm³/mol. The lowest BCUT2D eigenvalue weighted by Gasteiger charge is -2.08. The Balaban J connectivity index is 0.000000180. The first-order chi connectivity index (χ1) is 4.91. The molecule has 1 aliphatic rings. The first-order valence-corrected chi connectivity index (χ1v) is 3.55. The molecule has 1 rings (SSSR count). The van der Waals surface area contributed by atoms with E-state index < -0.39 is 0 Å². The van der Waals surface area contributed by atoms with Gasteiger partial charge in [-0.05, 0) is 25.3 Å².